The van der Waals surface area contributed by atoms with E-state index in [1.807, 2.05) is 66.9 Å². The molecular weight excluding hydrogens is 392 g/mol. The van der Waals surface area contributed by atoms with E-state index in [0.717, 1.165) is 16.8 Å². The van der Waals surface area contributed by atoms with Gasteiger partial charge in [-0.1, -0.05) is 60.1 Å². The molecule has 0 amide bonds. The fourth-order valence-corrected chi connectivity index (χ4v) is 4.13. The van der Waals surface area contributed by atoms with E-state index < -0.39 is 9.84 Å². The highest BCUT2D eigenvalue weighted by Gasteiger charge is 2.20. The number of benzene rings is 3. The topological polar surface area (TPSA) is 52.0 Å². The minimum Gasteiger partial charge on any atom is -0.240 e. The largest absolute Gasteiger partial charge is 0.240 e. The van der Waals surface area contributed by atoms with Gasteiger partial charge in [0.25, 0.3) is 0 Å². The van der Waals surface area contributed by atoms with Crippen molar-refractivity contribution in [3.8, 4) is 28.1 Å². The van der Waals surface area contributed by atoms with Crippen LogP contribution in [0.2, 0.25) is 5.02 Å². The van der Waals surface area contributed by atoms with Gasteiger partial charge >= 0.3 is 0 Å². The molecule has 0 saturated carbocycles. The summed E-state index contributed by atoms with van der Waals surface area (Å²) in [7, 11) is -3.41. The Morgan fingerprint density at radius 1 is 0.821 bits per heavy atom. The van der Waals surface area contributed by atoms with E-state index in [1.165, 1.54) is 6.26 Å². The molecule has 6 heteroatoms. The zero-order valence-corrected chi connectivity index (χ0v) is 16.7. The van der Waals surface area contributed by atoms with Crippen LogP contribution in [0.4, 0.5) is 0 Å². The van der Waals surface area contributed by atoms with Gasteiger partial charge < -0.3 is 0 Å². The molecule has 1 aromatic heterocycles. The maximum absolute atomic E-state index is 12.3. The van der Waals surface area contributed by atoms with Crippen molar-refractivity contribution in [2.45, 2.75) is 4.90 Å². The molecule has 0 saturated heterocycles. The van der Waals surface area contributed by atoms with Gasteiger partial charge in [0.15, 0.2) is 9.84 Å². The number of aromatic nitrogens is 2. The lowest BCUT2D eigenvalue weighted by Gasteiger charge is -2.08. The lowest BCUT2D eigenvalue weighted by atomic mass is 10.0. The summed E-state index contributed by atoms with van der Waals surface area (Å²) in [5.41, 5.74) is 3.80. The van der Waals surface area contributed by atoms with Gasteiger partial charge in [-0.2, -0.15) is 5.10 Å². The molecule has 3 aromatic carbocycles. The highest BCUT2D eigenvalue weighted by molar-refractivity contribution is 7.90. The molecule has 0 aliphatic rings. The lowest BCUT2D eigenvalue weighted by molar-refractivity contribution is 0.602. The van der Waals surface area contributed by atoms with E-state index in [4.69, 9.17) is 16.7 Å². The number of rotatable bonds is 4. The number of hydrogen-bond acceptors (Lipinski definition) is 3. The molecular formula is C22H17ClN2O2S. The molecule has 1 heterocycles. The van der Waals surface area contributed by atoms with Gasteiger partial charge in [-0.3, -0.25) is 0 Å². The second-order valence-electron chi connectivity index (χ2n) is 6.45. The van der Waals surface area contributed by atoms with E-state index in [0.29, 0.717) is 16.3 Å². The molecule has 0 aliphatic heterocycles. The predicted octanol–water partition coefficient (Wildman–Crippen LogP) is 5.26. The van der Waals surface area contributed by atoms with Crippen LogP contribution in [0.1, 0.15) is 0 Å². The second-order valence-corrected chi connectivity index (χ2v) is 8.87. The van der Waals surface area contributed by atoms with E-state index in [1.54, 1.807) is 22.9 Å². The average Bonchev–Trinajstić information content (AvgIpc) is 3.14. The van der Waals surface area contributed by atoms with Crippen molar-refractivity contribution < 1.29 is 8.42 Å². The number of para-hydroxylation sites is 1. The van der Waals surface area contributed by atoms with Crippen molar-refractivity contribution in [3.05, 3.63) is 90.1 Å². The van der Waals surface area contributed by atoms with Crippen LogP contribution in [0.25, 0.3) is 28.1 Å². The van der Waals surface area contributed by atoms with Gasteiger partial charge in [0.2, 0.25) is 0 Å². The first kappa shape index (κ1) is 18.5. The van der Waals surface area contributed by atoms with Gasteiger partial charge in [-0.05, 0) is 35.9 Å². The van der Waals surface area contributed by atoms with Crippen LogP contribution < -0.4 is 0 Å². The lowest BCUT2D eigenvalue weighted by Crippen LogP contribution is -2.01. The fraction of sp³-hybridized carbons (Fsp3) is 0.0455. The normalized spacial score (nSPS) is 11.5. The molecule has 0 radical (unpaired) electrons. The molecule has 0 aliphatic carbocycles. The maximum Gasteiger partial charge on any atom is 0.176 e. The molecule has 28 heavy (non-hydrogen) atoms. The van der Waals surface area contributed by atoms with E-state index >= 15 is 0 Å². The first-order chi connectivity index (χ1) is 13.4. The first-order valence-corrected chi connectivity index (χ1v) is 10.9. The monoisotopic (exact) mass is 408 g/mol. The average molecular weight is 409 g/mol. The Kier molecular flexibility index (Phi) is 4.79. The van der Waals surface area contributed by atoms with Crippen molar-refractivity contribution in [3.63, 3.8) is 0 Å². The molecule has 140 valence electrons. The highest BCUT2D eigenvalue weighted by Crippen LogP contribution is 2.35. The van der Waals surface area contributed by atoms with Gasteiger partial charge in [-0.15, -0.1) is 0 Å². The predicted molar refractivity (Wildman–Crippen MR) is 113 cm³/mol. The van der Waals surface area contributed by atoms with Crippen LogP contribution in [0.5, 0.6) is 0 Å². The van der Waals surface area contributed by atoms with Crippen LogP contribution in [0, 0.1) is 0 Å². The number of hydrogen-bond donors (Lipinski definition) is 0. The van der Waals surface area contributed by atoms with Gasteiger partial charge in [0.1, 0.15) is 5.69 Å². The van der Waals surface area contributed by atoms with Gasteiger partial charge in [0, 0.05) is 28.6 Å². The summed E-state index contributed by atoms with van der Waals surface area (Å²) in [6.45, 7) is 0. The summed E-state index contributed by atoms with van der Waals surface area (Å²) in [6.07, 6.45) is 3.12. The number of halogens is 1. The Balaban J connectivity index is 1.99. The summed E-state index contributed by atoms with van der Waals surface area (Å²) in [5, 5.41) is 5.38. The van der Waals surface area contributed by atoms with E-state index in [9.17, 15) is 8.42 Å². The van der Waals surface area contributed by atoms with E-state index in [-0.39, 0.29) is 4.90 Å². The second kappa shape index (κ2) is 7.26. The van der Waals surface area contributed by atoms with Crippen molar-refractivity contribution in [1.29, 1.82) is 0 Å². The van der Waals surface area contributed by atoms with Crippen LogP contribution in [0.3, 0.4) is 0 Å². The Labute approximate surface area is 169 Å². The van der Waals surface area contributed by atoms with Crippen molar-refractivity contribution in [1.82, 2.24) is 9.78 Å². The third-order valence-corrected chi connectivity index (χ3v) is 5.84. The molecule has 4 rings (SSSR count). The van der Waals surface area contributed by atoms with Gasteiger partial charge in [-0.25, -0.2) is 13.1 Å². The Morgan fingerprint density at radius 2 is 1.46 bits per heavy atom. The SMILES string of the molecule is CS(=O)(=O)c1ccccc1-c1nn(-c2ccccc2)cc1-c1ccc(Cl)cc1. The van der Waals surface area contributed by atoms with Gasteiger partial charge in [0.05, 0.1) is 10.6 Å². The standard InChI is InChI=1S/C22H17ClN2O2S/c1-28(26,27)21-10-6-5-9-19(21)22-20(16-11-13-17(23)14-12-16)15-25(24-22)18-7-3-2-4-8-18/h2-15H,1H3. The Morgan fingerprint density at radius 3 is 2.14 bits per heavy atom. The first-order valence-electron chi connectivity index (χ1n) is 8.64. The van der Waals surface area contributed by atoms with Crippen molar-refractivity contribution >= 4 is 21.4 Å². The molecule has 0 unspecified atom stereocenters. The van der Waals surface area contributed by atoms with Crippen molar-refractivity contribution in [2.24, 2.45) is 0 Å². The molecule has 0 N–H and O–H groups in total. The Bertz CT molecular complexity index is 1230. The zero-order chi connectivity index (χ0) is 19.7. The molecule has 0 atom stereocenters. The van der Waals surface area contributed by atoms with Crippen LogP contribution in [0.15, 0.2) is 90.0 Å². The minimum atomic E-state index is -3.41. The van der Waals surface area contributed by atoms with Crippen LogP contribution in [-0.2, 0) is 9.84 Å². The summed E-state index contributed by atoms with van der Waals surface area (Å²) in [5.74, 6) is 0. The van der Waals surface area contributed by atoms with Crippen LogP contribution in [-0.4, -0.2) is 24.5 Å². The molecule has 0 bridgehead atoms. The fourth-order valence-electron chi connectivity index (χ4n) is 3.11. The highest BCUT2D eigenvalue weighted by atomic mass is 35.5. The summed E-state index contributed by atoms with van der Waals surface area (Å²) in [6, 6.07) is 24.1. The summed E-state index contributed by atoms with van der Waals surface area (Å²) >= 11 is 6.04. The Hall–Kier alpha value is -2.89. The third kappa shape index (κ3) is 3.59. The smallest absolute Gasteiger partial charge is 0.176 e. The summed E-state index contributed by atoms with van der Waals surface area (Å²) < 4.78 is 26.5. The van der Waals surface area contributed by atoms with Crippen LogP contribution >= 0.6 is 11.6 Å². The number of nitrogens with zero attached hydrogens (tertiary/aromatic N) is 2. The maximum atomic E-state index is 12.3. The minimum absolute atomic E-state index is 0.253. The number of sulfone groups is 1. The molecule has 4 aromatic rings. The zero-order valence-electron chi connectivity index (χ0n) is 15.1. The molecule has 0 spiro atoms. The van der Waals surface area contributed by atoms with E-state index in [2.05, 4.69) is 0 Å². The third-order valence-electron chi connectivity index (χ3n) is 4.43. The van der Waals surface area contributed by atoms with Crippen molar-refractivity contribution in [2.75, 3.05) is 6.26 Å². The quantitative estimate of drug-likeness (QED) is 0.462. The molecule has 4 nitrogen and oxygen atoms in total. The summed E-state index contributed by atoms with van der Waals surface area (Å²) in [4.78, 5) is 0.253. The molecule has 0 fully saturated rings.